The number of aliphatic hydroxyl groups is 1. The number of carbonyl (C=O) groups is 1. The molecule has 21 heavy (non-hydrogen) atoms. The number of para-hydroxylation sites is 1. The first-order valence-corrected chi connectivity index (χ1v) is 7.01. The molecule has 1 aromatic heterocycles. The Bertz CT molecular complexity index is 681. The van der Waals surface area contributed by atoms with Crippen LogP contribution in [0.2, 0.25) is 0 Å². The van der Waals surface area contributed by atoms with Crippen molar-refractivity contribution in [3.8, 4) is 0 Å². The molecular weight excluding hydrogens is 270 g/mol. The zero-order chi connectivity index (χ0) is 15.2. The quantitative estimate of drug-likeness (QED) is 0.819. The molecule has 112 valence electrons. The van der Waals surface area contributed by atoms with Crippen LogP contribution in [0.5, 0.6) is 0 Å². The second kappa shape index (κ2) is 6.99. The highest BCUT2D eigenvalue weighted by Gasteiger charge is 2.09. The van der Waals surface area contributed by atoms with E-state index in [1.165, 1.54) is 10.9 Å². The fourth-order valence-corrected chi connectivity index (χ4v) is 2.15. The van der Waals surface area contributed by atoms with Gasteiger partial charge in [0.15, 0.2) is 0 Å². The van der Waals surface area contributed by atoms with Gasteiger partial charge in [0.25, 0.3) is 0 Å². The number of hydrogen-bond acceptors (Lipinski definition) is 4. The molecule has 0 saturated heterocycles. The van der Waals surface area contributed by atoms with Crippen LogP contribution in [0.4, 0.5) is 0 Å². The van der Waals surface area contributed by atoms with Crippen molar-refractivity contribution < 1.29 is 9.90 Å². The average molecular weight is 289 g/mol. The maximum atomic E-state index is 11.9. The predicted molar refractivity (Wildman–Crippen MR) is 79.9 cm³/mol. The molecule has 0 saturated carbocycles. The molecule has 0 aliphatic heterocycles. The van der Waals surface area contributed by atoms with E-state index >= 15 is 0 Å². The number of aromatic nitrogens is 2. The normalized spacial score (nSPS) is 12.3. The number of aliphatic hydroxyl groups excluding tert-OH is 1. The summed E-state index contributed by atoms with van der Waals surface area (Å²) in [6.45, 7) is 2.21. The van der Waals surface area contributed by atoms with Crippen LogP contribution < -0.4 is 10.7 Å². The van der Waals surface area contributed by atoms with Crippen molar-refractivity contribution in [2.45, 2.75) is 32.4 Å². The number of nitrogens with zero attached hydrogens (tertiary/aromatic N) is 2. The Morgan fingerprint density at radius 1 is 1.43 bits per heavy atom. The molecule has 1 unspecified atom stereocenters. The zero-order valence-corrected chi connectivity index (χ0v) is 12.0. The standard InChI is InChI=1S/C15H19N3O3/c1-2-5-11(19)8-16-15(21)10-18-13-7-4-3-6-12(13)14(20)9-17-18/h3-4,6-7,9,11,19H,2,5,8,10H2,1H3,(H,16,21). The van der Waals surface area contributed by atoms with Crippen LogP contribution in [0.25, 0.3) is 10.9 Å². The fourth-order valence-electron chi connectivity index (χ4n) is 2.15. The van der Waals surface area contributed by atoms with Gasteiger partial charge in [-0.15, -0.1) is 0 Å². The highest BCUT2D eigenvalue weighted by Crippen LogP contribution is 2.07. The number of fused-ring (bicyclic) bond motifs is 1. The number of amides is 1. The second-order valence-electron chi connectivity index (χ2n) is 4.93. The minimum absolute atomic E-state index is 0.0135. The summed E-state index contributed by atoms with van der Waals surface area (Å²) in [5, 5.41) is 16.8. The van der Waals surface area contributed by atoms with Crippen LogP contribution in [-0.2, 0) is 11.3 Å². The van der Waals surface area contributed by atoms with E-state index < -0.39 is 6.10 Å². The summed E-state index contributed by atoms with van der Waals surface area (Å²) < 4.78 is 1.48. The van der Waals surface area contributed by atoms with Crippen LogP contribution in [0.3, 0.4) is 0 Å². The van der Waals surface area contributed by atoms with E-state index in [0.29, 0.717) is 17.3 Å². The lowest BCUT2D eigenvalue weighted by atomic mass is 10.2. The van der Waals surface area contributed by atoms with Gasteiger partial charge in [-0.05, 0) is 18.6 Å². The molecule has 0 aliphatic carbocycles. The SMILES string of the molecule is CCCC(O)CNC(=O)Cn1ncc(=O)c2ccccc21. The van der Waals surface area contributed by atoms with Crippen molar-refractivity contribution in [3.05, 3.63) is 40.7 Å². The van der Waals surface area contributed by atoms with Gasteiger partial charge >= 0.3 is 0 Å². The monoisotopic (exact) mass is 289 g/mol. The molecule has 0 fully saturated rings. The first-order chi connectivity index (χ1) is 10.1. The molecule has 2 rings (SSSR count). The van der Waals surface area contributed by atoms with Gasteiger partial charge in [-0.25, -0.2) is 0 Å². The Balaban J connectivity index is 2.08. The third-order valence-electron chi connectivity index (χ3n) is 3.21. The molecule has 0 bridgehead atoms. The highest BCUT2D eigenvalue weighted by molar-refractivity contribution is 5.81. The van der Waals surface area contributed by atoms with Crippen molar-refractivity contribution in [3.63, 3.8) is 0 Å². The number of benzene rings is 1. The third-order valence-corrected chi connectivity index (χ3v) is 3.21. The molecule has 2 N–H and O–H groups in total. The van der Waals surface area contributed by atoms with Gasteiger partial charge < -0.3 is 10.4 Å². The van der Waals surface area contributed by atoms with E-state index in [1.807, 2.05) is 6.92 Å². The summed E-state index contributed by atoms with van der Waals surface area (Å²) in [5.41, 5.74) is 0.454. The van der Waals surface area contributed by atoms with Gasteiger partial charge in [0, 0.05) is 11.9 Å². The van der Waals surface area contributed by atoms with E-state index in [9.17, 15) is 14.7 Å². The molecule has 6 nitrogen and oxygen atoms in total. The van der Waals surface area contributed by atoms with Crippen molar-refractivity contribution in [2.24, 2.45) is 0 Å². The Labute approximate surface area is 122 Å². The van der Waals surface area contributed by atoms with Gasteiger partial charge in [0.2, 0.25) is 11.3 Å². The van der Waals surface area contributed by atoms with Crippen molar-refractivity contribution >= 4 is 16.8 Å². The minimum Gasteiger partial charge on any atom is -0.391 e. The Kier molecular flexibility index (Phi) is 5.05. The van der Waals surface area contributed by atoms with Crippen molar-refractivity contribution in [1.82, 2.24) is 15.1 Å². The maximum Gasteiger partial charge on any atom is 0.241 e. The van der Waals surface area contributed by atoms with E-state index in [2.05, 4.69) is 10.4 Å². The number of carbonyl (C=O) groups excluding carboxylic acids is 1. The summed E-state index contributed by atoms with van der Waals surface area (Å²) in [4.78, 5) is 23.6. The predicted octanol–water partition coefficient (Wildman–Crippen LogP) is 0.674. The third kappa shape index (κ3) is 3.88. The largest absolute Gasteiger partial charge is 0.391 e. The lowest BCUT2D eigenvalue weighted by molar-refractivity contribution is -0.122. The van der Waals surface area contributed by atoms with Crippen molar-refractivity contribution in [1.29, 1.82) is 0 Å². The first-order valence-electron chi connectivity index (χ1n) is 7.01. The second-order valence-corrected chi connectivity index (χ2v) is 4.93. The van der Waals surface area contributed by atoms with Gasteiger partial charge in [0.1, 0.15) is 6.54 Å². The molecule has 2 aromatic rings. The summed E-state index contributed by atoms with van der Waals surface area (Å²) >= 11 is 0. The average Bonchev–Trinajstić information content (AvgIpc) is 2.49. The van der Waals surface area contributed by atoms with E-state index in [4.69, 9.17) is 0 Å². The van der Waals surface area contributed by atoms with E-state index in [1.54, 1.807) is 24.3 Å². The topological polar surface area (TPSA) is 84.2 Å². The smallest absolute Gasteiger partial charge is 0.241 e. The Morgan fingerprint density at radius 2 is 2.19 bits per heavy atom. The van der Waals surface area contributed by atoms with Crippen LogP contribution >= 0.6 is 0 Å². The summed E-state index contributed by atoms with van der Waals surface area (Å²) in [7, 11) is 0. The number of nitrogens with one attached hydrogen (secondary N) is 1. The molecule has 0 radical (unpaired) electrons. The van der Waals surface area contributed by atoms with E-state index in [0.717, 1.165) is 6.42 Å². The maximum absolute atomic E-state index is 11.9. The summed E-state index contributed by atoms with van der Waals surface area (Å²) in [6.07, 6.45) is 2.20. The molecule has 1 atom stereocenters. The van der Waals surface area contributed by atoms with E-state index in [-0.39, 0.29) is 24.4 Å². The Hall–Kier alpha value is -2.21. The van der Waals surface area contributed by atoms with Crippen molar-refractivity contribution in [2.75, 3.05) is 6.54 Å². The fraction of sp³-hybridized carbons (Fsp3) is 0.400. The van der Waals surface area contributed by atoms with Crippen LogP contribution in [0.1, 0.15) is 19.8 Å². The summed E-state index contributed by atoms with van der Waals surface area (Å²) in [6, 6.07) is 7.03. The molecule has 1 aromatic carbocycles. The molecule has 0 spiro atoms. The molecule has 0 aliphatic rings. The number of rotatable bonds is 6. The molecule has 1 amide bonds. The zero-order valence-electron chi connectivity index (χ0n) is 12.0. The Morgan fingerprint density at radius 3 is 2.95 bits per heavy atom. The highest BCUT2D eigenvalue weighted by atomic mass is 16.3. The lowest BCUT2D eigenvalue weighted by Gasteiger charge is -2.12. The molecule has 1 heterocycles. The minimum atomic E-state index is -0.530. The lowest BCUT2D eigenvalue weighted by Crippen LogP contribution is -2.35. The van der Waals surface area contributed by atoms with Crippen LogP contribution in [0, 0.1) is 0 Å². The molecular formula is C15H19N3O3. The van der Waals surface area contributed by atoms with Crippen LogP contribution in [0.15, 0.2) is 35.3 Å². The van der Waals surface area contributed by atoms with Gasteiger partial charge in [0.05, 0.1) is 17.8 Å². The van der Waals surface area contributed by atoms with Gasteiger partial charge in [-0.2, -0.15) is 5.10 Å². The van der Waals surface area contributed by atoms with Gasteiger partial charge in [-0.1, -0.05) is 25.5 Å². The summed E-state index contributed by atoms with van der Waals surface area (Å²) in [5.74, 6) is -0.244. The van der Waals surface area contributed by atoms with Crippen LogP contribution in [-0.4, -0.2) is 33.4 Å². The first kappa shape index (κ1) is 15.2. The van der Waals surface area contributed by atoms with Gasteiger partial charge in [-0.3, -0.25) is 14.3 Å². The number of hydrogen-bond donors (Lipinski definition) is 2. The molecule has 6 heteroatoms.